The summed E-state index contributed by atoms with van der Waals surface area (Å²) in [6, 6.07) is 22.7. The van der Waals surface area contributed by atoms with Crippen molar-refractivity contribution in [1.82, 2.24) is 29.3 Å². The number of likely N-dealkylation sites (N-methyl/N-ethyl adjacent to an activating group) is 1. The minimum Gasteiger partial charge on any atom is -0.462 e. The van der Waals surface area contributed by atoms with Crippen molar-refractivity contribution in [3.8, 4) is 17.8 Å². The van der Waals surface area contributed by atoms with Gasteiger partial charge >= 0.3 is 12.1 Å². The molecule has 0 bridgehead atoms. The Bertz CT molecular complexity index is 2150. The Kier molecular flexibility index (Phi) is 9.52. The molecule has 0 aliphatic carbocycles. The number of ether oxygens (including phenoxy) is 2. The molecule has 1 unspecified atom stereocenters. The largest absolute Gasteiger partial charge is 0.462 e. The molecule has 2 fully saturated rings. The van der Waals surface area contributed by atoms with E-state index >= 15 is 0 Å². The minimum atomic E-state index is -0.489. The van der Waals surface area contributed by atoms with E-state index in [1.165, 1.54) is 4.57 Å². The third-order valence-corrected chi connectivity index (χ3v) is 9.86. The Balaban J connectivity index is 1.27. The molecule has 256 valence electrons. The van der Waals surface area contributed by atoms with Gasteiger partial charge in [-0.3, -0.25) is 9.36 Å². The Labute approximate surface area is 294 Å². The lowest BCUT2D eigenvalue weighted by Crippen LogP contribution is -2.55. The van der Waals surface area contributed by atoms with Crippen molar-refractivity contribution in [2.45, 2.75) is 44.9 Å². The van der Waals surface area contributed by atoms with Gasteiger partial charge in [-0.1, -0.05) is 66.2 Å². The van der Waals surface area contributed by atoms with Crippen LogP contribution in [0.25, 0.3) is 27.5 Å². The molecule has 0 saturated carbocycles. The van der Waals surface area contributed by atoms with Crippen molar-refractivity contribution in [2.75, 3.05) is 44.7 Å². The van der Waals surface area contributed by atoms with Gasteiger partial charge in [-0.25, -0.2) is 9.78 Å². The van der Waals surface area contributed by atoms with Gasteiger partial charge in [0.25, 0.3) is 5.56 Å². The Morgan fingerprint density at radius 1 is 0.980 bits per heavy atom. The normalized spacial score (nSPS) is 18.0. The van der Waals surface area contributed by atoms with E-state index in [1.54, 1.807) is 17.9 Å². The number of hydrogen-bond donors (Lipinski definition) is 0. The molecule has 2 aromatic heterocycles. The lowest BCUT2D eigenvalue weighted by Gasteiger charge is -2.40. The Morgan fingerprint density at radius 3 is 2.54 bits per heavy atom. The summed E-state index contributed by atoms with van der Waals surface area (Å²) >= 11 is 6.67. The van der Waals surface area contributed by atoms with Crippen LogP contribution in [-0.2, 0) is 11.3 Å². The molecule has 50 heavy (non-hydrogen) atoms. The van der Waals surface area contributed by atoms with Crippen LogP contribution in [0.5, 0.6) is 6.01 Å². The molecule has 2 aliphatic heterocycles. The van der Waals surface area contributed by atoms with Crippen molar-refractivity contribution < 1.29 is 14.3 Å². The van der Waals surface area contributed by atoms with E-state index in [0.29, 0.717) is 41.0 Å². The topological polar surface area (TPSA) is 130 Å². The fourth-order valence-electron chi connectivity index (χ4n) is 6.90. The van der Waals surface area contributed by atoms with Crippen LogP contribution in [0.3, 0.4) is 0 Å². The first kappa shape index (κ1) is 33.3. The zero-order chi connectivity index (χ0) is 34.8. The van der Waals surface area contributed by atoms with Gasteiger partial charge in [0.2, 0.25) is 0 Å². The molecule has 7 rings (SSSR count). The van der Waals surface area contributed by atoms with Crippen LogP contribution in [0.4, 0.5) is 10.6 Å². The number of halogens is 1. The summed E-state index contributed by atoms with van der Waals surface area (Å²) in [5.74, 6) is 0.839. The van der Waals surface area contributed by atoms with Crippen molar-refractivity contribution in [3.63, 3.8) is 0 Å². The van der Waals surface area contributed by atoms with Gasteiger partial charge in [0.05, 0.1) is 29.2 Å². The van der Waals surface area contributed by atoms with Crippen LogP contribution < -0.4 is 15.2 Å². The summed E-state index contributed by atoms with van der Waals surface area (Å²) in [5, 5.41) is 11.9. The summed E-state index contributed by atoms with van der Waals surface area (Å²) in [4.78, 5) is 47.9. The fourth-order valence-corrected chi connectivity index (χ4v) is 7.18. The van der Waals surface area contributed by atoms with Crippen molar-refractivity contribution >= 4 is 45.3 Å². The standard InChI is InChI=1S/C37H37ClN8O4/c1-24-40-32-33(35(47)46(24)30-15-7-12-26-11-6-14-29(38)31(26)30)41-36(49-23-28-13-8-18-43(28)2)42-34(32)44-19-20-45(27(21-44)16-17-39)37(48)50-22-25-9-4-3-5-10-25/h3-7,9-12,14-15,27-28H,8,13,16,18-23H2,1-2H3/t27-,28?/m0/s1. The summed E-state index contributed by atoms with van der Waals surface area (Å²) in [6.07, 6.45) is 1.66. The zero-order valence-electron chi connectivity index (χ0n) is 28.0. The van der Waals surface area contributed by atoms with Crippen LogP contribution in [0.1, 0.15) is 30.7 Å². The predicted octanol–water partition coefficient (Wildman–Crippen LogP) is 5.50. The first-order chi connectivity index (χ1) is 24.3. The zero-order valence-corrected chi connectivity index (χ0v) is 28.7. The summed E-state index contributed by atoms with van der Waals surface area (Å²) < 4.78 is 13.4. The summed E-state index contributed by atoms with van der Waals surface area (Å²) in [6.45, 7) is 4.15. The van der Waals surface area contributed by atoms with Crippen molar-refractivity contribution in [2.24, 2.45) is 0 Å². The van der Waals surface area contributed by atoms with Gasteiger partial charge < -0.3 is 24.2 Å². The van der Waals surface area contributed by atoms with Crippen LogP contribution in [-0.4, -0.2) is 87.3 Å². The van der Waals surface area contributed by atoms with Crippen LogP contribution >= 0.6 is 11.6 Å². The third kappa shape index (κ3) is 6.54. The SMILES string of the molecule is Cc1nc2c(N3CCN(C(=O)OCc4ccccc4)[C@@H](CC#N)C3)nc(OCC3CCCN3C)nc2c(=O)n1-c1cccc2cccc(Cl)c12. The van der Waals surface area contributed by atoms with E-state index < -0.39 is 12.1 Å². The first-order valence-electron chi connectivity index (χ1n) is 16.7. The quantitative estimate of drug-likeness (QED) is 0.205. The van der Waals surface area contributed by atoms with Gasteiger partial charge in [0.1, 0.15) is 24.6 Å². The highest BCUT2D eigenvalue weighted by Crippen LogP contribution is 2.31. The number of nitriles is 1. The third-order valence-electron chi connectivity index (χ3n) is 9.55. The van der Waals surface area contributed by atoms with Crippen molar-refractivity contribution in [1.29, 1.82) is 5.26 Å². The number of likely N-dealkylation sites (tertiary alicyclic amines) is 1. The first-order valence-corrected chi connectivity index (χ1v) is 17.1. The molecule has 4 heterocycles. The van der Waals surface area contributed by atoms with E-state index in [-0.39, 0.29) is 49.2 Å². The second kappa shape index (κ2) is 14.3. The smallest absolute Gasteiger partial charge is 0.410 e. The lowest BCUT2D eigenvalue weighted by atomic mass is 10.1. The summed E-state index contributed by atoms with van der Waals surface area (Å²) in [7, 11) is 2.06. The lowest BCUT2D eigenvalue weighted by molar-refractivity contribution is 0.0768. The number of aryl methyl sites for hydroxylation is 1. The molecule has 13 heteroatoms. The molecule has 2 saturated heterocycles. The number of rotatable bonds is 8. The molecular weight excluding hydrogens is 656 g/mol. The number of hydrogen-bond acceptors (Lipinski definition) is 10. The number of carbonyl (C=O) groups is 1. The Hall–Kier alpha value is -5.25. The highest BCUT2D eigenvalue weighted by Gasteiger charge is 2.34. The number of fused-ring (bicyclic) bond motifs is 2. The average molecular weight is 693 g/mol. The predicted molar refractivity (Wildman–Crippen MR) is 191 cm³/mol. The number of benzene rings is 3. The van der Waals surface area contributed by atoms with Gasteiger partial charge in [-0.05, 0) is 56.4 Å². The summed E-state index contributed by atoms with van der Waals surface area (Å²) in [5.41, 5.74) is 1.50. The number of anilines is 1. The minimum absolute atomic E-state index is 0.0691. The van der Waals surface area contributed by atoms with Crippen LogP contribution in [0.15, 0.2) is 71.5 Å². The fraction of sp³-hybridized carbons (Fsp3) is 0.351. The number of nitrogens with zero attached hydrogens (tertiary/aromatic N) is 8. The van der Waals surface area contributed by atoms with E-state index in [2.05, 4.69) is 23.0 Å². The van der Waals surface area contributed by atoms with Gasteiger partial charge in [0, 0.05) is 31.1 Å². The van der Waals surface area contributed by atoms with Crippen molar-refractivity contribution in [3.05, 3.63) is 93.5 Å². The highest BCUT2D eigenvalue weighted by atomic mass is 35.5. The molecule has 3 aromatic carbocycles. The maximum Gasteiger partial charge on any atom is 0.410 e. The van der Waals surface area contributed by atoms with Gasteiger partial charge in [0.15, 0.2) is 11.3 Å². The van der Waals surface area contributed by atoms with E-state index in [4.69, 9.17) is 31.0 Å². The molecule has 12 nitrogen and oxygen atoms in total. The van der Waals surface area contributed by atoms with E-state index in [0.717, 1.165) is 35.7 Å². The second-order valence-electron chi connectivity index (χ2n) is 12.7. The molecule has 2 atom stereocenters. The monoisotopic (exact) mass is 692 g/mol. The average Bonchev–Trinajstić information content (AvgIpc) is 3.54. The maximum absolute atomic E-state index is 14.5. The van der Waals surface area contributed by atoms with Crippen LogP contribution in [0.2, 0.25) is 5.02 Å². The van der Waals surface area contributed by atoms with E-state index in [9.17, 15) is 14.9 Å². The molecular formula is C37H37ClN8O4. The maximum atomic E-state index is 14.5. The Morgan fingerprint density at radius 2 is 1.78 bits per heavy atom. The highest BCUT2D eigenvalue weighted by molar-refractivity contribution is 6.36. The number of amides is 1. The molecule has 5 aromatic rings. The molecule has 1 amide bonds. The number of aromatic nitrogens is 4. The second-order valence-corrected chi connectivity index (χ2v) is 13.1. The number of piperazine rings is 1. The van der Waals surface area contributed by atoms with Gasteiger partial charge in [-0.2, -0.15) is 15.2 Å². The molecule has 0 N–H and O–H groups in total. The molecule has 2 aliphatic rings. The molecule has 0 radical (unpaired) electrons. The van der Waals surface area contributed by atoms with Crippen LogP contribution in [0, 0.1) is 18.3 Å². The van der Waals surface area contributed by atoms with Gasteiger partial charge in [-0.15, -0.1) is 0 Å². The van der Waals surface area contributed by atoms with E-state index in [1.807, 2.05) is 65.6 Å². The molecule has 0 spiro atoms. The number of carbonyl (C=O) groups excluding carboxylic acids is 1.